The maximum Gasteiger partial charge on any atom is 0.326 e. The number of carboxylic acid groups (broad SMARTS) is 1. The van der Waals surface area contributed by atoms with Gasteiger partial charge in [-0.1, -0.05) is 90.4 Å². The fourth-order valence-corrected chi connectivity index (χ4v) is 8.08. The van der Waals surface area contributed by atoms with E-state index in [4.69, 9.17) is 17.2 Å². The molecular formula is C54H81N15O12. The Hall–Kier alpha value is -8.62. The molecule has 0 spiro atoms. The smallest absolute Gasteiger partial charge is 0.326 e. The van der Waals surface area contributed by atoms with Crippen LogP contribution in [-0.4, -0.2) is 153 Å². The molecule has 27 nitrogen and oxygen atoms in total. The molecule has 0 unspecified atom stereocenters. The summed E-state index contributed by atoms with van der Waals surface area (Å²) in [6.45, 7) is 10.6. The van der Waals surface area contributed by atoms with Crippen LogP contribution in [-0.2, 0) is 67.2 Å². The zero-order valence-corrected chi connectivity index (χ0v) is 46.9. The summed E-state index contributed by atoms with van der Waals surface area (Å²) in [7, 11) is 0. The second-order valence-electron chi connectivity index (χ2n) is 20.5. The van der Waals surface area contributed by atoms with E-state index in [9.17, 15) is 58.2 Å². The van der Waals surface area contributed by atoms with E-state index < -0.39 is 132 Å². The average Bonchev–Trinajstić information content (AvgIpc) is 3.93. The molecule has 0 saturated heterocycles. The normalized spacial score (nSPS) is 14.4. The van der Waals surface area contributed by atoms with E-state index in [0.29, 0.717) is 29.7 Å². The summed E-state index contributed by atoms with van der Waals surface area (Å²) in [5.74, 6) is -9.41. The van der Waals surface area contributed by atoms with Crippen molar-refractivity contribution in [2.75, 3.05) is 19.6 Å². The number of imidazole rings is 1. The van der Waals surface area contributed by atoms with E-state index in [1.807, 2.05) is 13.8 Å². The molecule has 81 heavy (non-hydrogen) atoms. The number of aliphatic imine (C=N–C) groups is 1. The molecule has 0 aliphatic heterocycles. The Morgan fingerprint density at radius 3 is 1.72 bits per heavy atom. The minimum atomic E-state index is -1.37. The third-order valence-electron chi connectivity index (χ3n) is 12.8. The number of H-pyrrole nitrogens is 1. The predicted octanol–water partition coefficient (Wildman–Crippen LogP) is -2.00. The van der Waals surface area contributed by atoms with E-state index in [0.717, 1.165) is 0 Å². The van der Waals surface area contributed by atoms with E-state index in [1.165, 1.54) is 31.6 Å². The van der Waals surface area contributed by atoms with E-state index in [2.05, 4.69) is 62.8 Å². The van der Waals surface area contributed by atoms with Gasteiger partial charge in [-0.3, -0.25) is 48.1 Å². The number of carbonyl (C=O) groups is 10. The molecule has 0 radical (unpaired) electrons. The molecule has 3 aromatic rings. The van der Waals surface area contributed by atoms with Crippen molar-refractivity contribution in [2.24, 2.45) is 39.9 Å². The standard InChI is InChI=1S/C54H81N15O12/c1-8-31(6)45(52(79)61-26-42(71)64-39(22-33-13-10-9-11-14-33)50(77)67-41(53(80)81)24-35-25-58-28-62-35)68-43(72)27-60-51(78)44(30(4)5)69-48(75)38(15-12-20-59-54(56)57)65-46(73)32(7)63-49(76)40(23-34-16-18-36(70)19-17-34)66-47(74)37(55)21-29(2)3/h9-11,13-14,16-19,25,28-32,37-41,44-45,70H,8,12,15,20-24,26-27,55H2,1-7H3,(H,58,62)(H,60,78)(H,61,79)(H,63,76)(H,64,71)(H,65,73)(H,66,74)(H,67,77)(H,68,72)(H,69,75)(H,80,81)(H4,56,57,59)/t31-,32-,37-,38-,39-,40-,41-,44-,45-/m0/s1. The van der Waals surface area contributed by atoms with Crippen molar-refractivity contribution in [1.29, 1.82) is 0 Å². The van der Waals surface area contributed by atoms with Gasteiger partial charge in [0.2, 0.25) is 53.2 Å². The number of aromatic nitrogens is 2. The Bertz CT molecular complexity index is 2600. The van der Waals surface area contributed by atoms with Gasteiger partial charge in [-0.05, 0) is 67.2 Å². The van der Waals surface area contributed by atoms with Crippen molar-refractivity contribution in [1.82, 2.24) is 57.8 Å². The van der Waals surface area contributed by atoms with Crippen molar-refractivity contribution < 1.29 is 58.2 Å². The number of carbonyl (C=O) groups excluding carboxylic acids is 9. The monoisotopic (exact) mass is 1130 g/mol. The lowest BCUT2D eigenvalue weighted by Gasteiger charge is -2.27. The molecule has 18 N–H and O–H groups in total. The summed E-state index contributed by atoms with van der Waals surface area (Å²) in [4.78, 5) is 145. The summed E-state index contributed by atoms with van der Waals surface area (Å²) in [5, 5.41) is 42.7. The van der Waals surface area contributed by atoms with Crippen LogP contribution in [0.3, 0.4) is 0 Å². The Kier molecular flexibility index (Phi) is 27.8. The average molecular weight is 1130 g/mol. The van der Waals surface area contributed by atoms with Gasteiger partial charge in [0.15, 0.2) is 5.96 Å². The minimum Gasteiger partial charge on any atom is -0.508 e. The topological polar surface area (TPSA) is 439 Å². The van der Waals surface area contributed by atoms with Gasteiger partial charge in [-0.2, -0.15) is 0 Å². The number of aromatic amines is 1. The fourth-order valence-electron chi connectivity index (χ4n) is 8.08. The maximum absolute atomic E-state index is 14.0. The number of hydrogen-bond donors (Lipinski definition) is 15. The summed E-state index contributed by atoms with van der Waals surface area (Å²) in [5.41, 5.74) is 18.8. The van der Waals surface area contributed by atoms with Crippen LogP contribution in [0.1, 0.15) is 91.0 Å². The number of guanidine groups is 1. The molecule has 0 bridgehead atoms. The molecule has 9 amide bonds. The number of hydrogen-bond acceptors (Lipinski definition) is 14. The third-order valence-corrected chi connectivity index (χ3v) is 12.8. The first-order valence-electron chi connectivity index (χ1n) is 26.8. The molecule has 0 saturated carbocycles. The van der Waals surface area contributed by atoms with Crippen LogP contribution >= 0.6 is 0 Å². The van der Waals surface area contributed by atoms with Crippen LogP contribution in [0.4, 0.5) is 0 Å². The highest BCUT2D eigenvalue weighted by Crippen LogP contribution is 2.14. The molecular weight excluding hydrogens is 1050 g/mol. The maximum atomic E-state index is 14.0. The largest absolute Gasteiger partial charge is 0.508 e. The number of rotatable bonds is 34. The molecule has 0 aliphatic rings. The number of amides is 9. The van der Waals surface area contributed by atoms with Gasteiger partial charge >= 0.3 is 5.97 Å². The van der Waals surface area contributed by atoms with Crippen LogP contribution in [0.5, 0.6) is 5.75 Å². The highest BCUT2D eigenvalue weighted by Gasteiger charge is 2.34. The number of benzene rings is 2. The van der Waals surface area contributed by atoms with Gasteiger partial charge in [-0.25, -0.2) is 9.78 Å². The first-order chi connectivity index (χ1) is 38.3. The SMILES string of the molecule is CC[C@H](C)[C@H](NC(=O)CNC(=O)[C@@H](NC(=O)[C@H](CCCN=C(N)N)NC(=O)[C@H](C)NC(=O)[C@H](Cc1ccc(O)cc1)NC(=O)[C@@H](N)CC(C)C)C(C)C)C(=O)NCC(=O)N[C@@H](Cc1ccccc1)C(=O)N[C@@H](Cc1cnc[nH]1)C(=O)O. The number of phenols is 1. The quantitative estimate of drug-likeness (QED) is 0.0175. The predicted molar refractivity (Wildman–Crippen MR) is 299 cm³/mol. The van der Waals surface area contributed by atoms with Crippen LogP contribution in [0.2, 0.25) is 0 Å². The van der Waals surface area contributed by atoms with E-state index in [1.54, 1.807) is 70.2 Å². The highest BCUT2D eigenvalue weighted by molar-refractivity contribution is 5.97. The Morgan fingerprint density at radius 2 is 1.16 bits per heavy atom. The second kappa shape index (κ2) is 33.7. The van der Waals surface area contributed by atoms with Gasteiger partial charge in [0, 0.05) is 37.7 Å². The number of carboxylic acids is 1. The van der Waals surface area contributed by atoms with E-state index in [-0.39, 0.29) is 56.3 Å². The van der Waals surface area contributed by atoms with Gasteiger partial charge in [-0.15, -0.1) is 0 Å². The Morgan fingerprint density at radius 1 is 0.617 bits per heavy atom. The number of nitrogens with zero attached hydrogens (tertiary/aromatic N) is 2. The number of nitrogens with two attached hydrogens (primary N) is 3. The molecule has 27 heteroatoms. The van der Waals surface area contributed by atoms with Crippen LogP contribution in [0.15, 0.2) is 72.1 Å². The first-order valence-corrected chi connectivity index (χ1v) is 26.8. The lowest BCUT2D eigenvalue weighted by molar-refractivity contribution is -0.142. The first kappa shape index (κ1) is 66.7. The van der Waals surface area contributed by atoms with Crippen molar-refractivity contribution in [3.8, 4) is 5.75 Å². The summed E-state index contributed by atoms with van der Waals surface area (Å²) >= 11 is 0. The molecule has 444 valence electrons. The molecule has 1 heterocycles. The molecule has 9 atom stereocenters. The van der Waals surface area contributed by atoms with E-state index >= 15 is 0 Å². The molecule has 0 aliphatic carbocycles. The fraction of sp³-hybridized carbons (Fsp3) is 0.519. The van der Waals surface area contributed by atoms with Crippen molar-refractivity contribution in [2.45, 2.75) is 142 Å². The minimum absolute atomic E-state index is 0.0120. The highest BCUT2D eigenvalue weighted by atomic mass is 16.4. The zero-order chi connectivity index (χ0) is 60.3. The molecule has 2 aromatic carbocycles. The number of aliphatic carboxylic acids is 1. The van der Waals surface area contributed by atoms with Crippen LogP contribution in [0, 0.1) is 17.8 Å². The summed E-state index contributed by atoms with van der Waals surface area (Å²) < 4.78 is 0. The van der Waals surface area contributed by atoms with Crippen molar-refractivity contribution >= 4 is 65.1 Å². The molecule has 0 fully saturated rings. The summed E-state index contributed by atoms with van der Waals surface area (Å²) in [6.07, 6.45) is 3.48. The lowest BCUT2D eigenvalue weighted by atomic mass is 9.98. The second-order valence-corrected chi connectivity index (χ2v) is 20.5. The molecule has 3 rings (SSSR count). The number of nitrogens with one attached hydrogen (secondary N) is 10. The van der Waals surface area contributed by atoms with Gasteiger partial charge < -0.3 is 80.2 Å². The number of aromatic hydroxyl groups is 1. The van der Waals surface area contributed by atoms with Crippen molar-refractivity contribution in [3.63, 3.8) is 0 Å². The van der Waals surface area contributed by atoms with Gasteiger partial charge in [0.05, 0.1) is 25.5 Å². The zero-order valence-electron chi connectivity index (χ0n) is 46.9. The third kappa shape index (κ3) is 24.1. The lowest BCUT2D eigenvalue weighted by Crippen LogP contribution is -2.59. The Balaban J connectivity index is 1.68. The van der Waals surface area contributed by atoms with Crippen molar-refractivity contribution in [3.05, 3.63) is 83.9 Å². The van der Waals surface area contributed by atoms with Gasteiger partial charge in [0.1, 0.15) is 48.0 Å². The summed E-state index contributed by atoms with van der Waals surface area (Å²) in [6, 6.07) is 4.81. The van der Waals surface area contributed by atoms with Crippen LogP contribution in [0.25, 0.3) is 0 Å². The van der Waals surface area contributed by atoms with Gasteiger partial charge in [0.25, 0.3) is 0 Å². The Labute approximate surface area is 470 Å². The number of phenolic OH excluding ortho intramolecular Hbond substituents is 1. The molecule has 1 aromatic heterocycles. The van der Waals surface area contributed by atoms with Crippen LogP contribution < -0.4 is 65.1 Å².